The second kappa shape index (κ2) is 5.97. The number of nitrogens with one attached hydrogen (secondary N) is 1. The third kappa shape index (κ3) is 4.91. The number of hydrogen-bond acceptors (Lipinski definition) is 3. The molecule has 1 heterocycles. The molecule has 1 aromatic carbocycles. The Morgan fingerprint density at radius 3 is 2.42 bits per heavy atom. The van der Waals surface area contributed by atoms with Crippen molar-refractivity contribution in [1.82, 2.24) is 0 Å². The zero-order valence-corrected chi connectivity index (χ0v) is 13.6. The molecule has 0 saturated carbocycles. The molecule has 140 valence electrons. The van der Waals surface area contributed by atoms with Crippen LogP contribution >= 0.6 is 22.6 Å². The Hall–Kier alpha value is -1.17. The van der Waals surface area contributed by atoms with E-state index in [9.17, 15) is 28.6 Å². The number of nitrogens with two attached hydrogens (primary N) is 1. The summed E-state index contributed by atoms with van der Waals surface area (Å²) in [6, 6.07) is 0.219. The Labute approximate surface area is 139 Å². The van der Waals surface area contributed by atoms with Gasteiger partial charge in [0, 0.05) is 18.3 Å². The van der Waals surface area contributed by atoms with E-state index < -0.39 is 44.5 Å². The van der Waals surface area contributed by atoms with Gasteiger partial charge in [-0.25, -0.2) is 4.39 Å². The van der Waals surface area contributed by atoms with Gasteiger partial charge in [-0.15, -0.1) is 12.4 Å². The van der Waals surface area contributed by atoms with Gasteiger partial charge >= 0.3 is 10.2 Å². The van der Waals surface area contributed by atoms with E-state index in [2.05, 4.69) is 5.32 Å². The molecule has 0 spiro atoms. The van der Waals surface area contributed by atoms with Crippen LogP contribution in [0.2, 0.25) is 0 Å². The first-order valence-corrected chi connectivity index (χ1v) is 8.41. The van der Waals surface area contributed by atoms with Gasteiger partial charge in [-0.2, -0.15) is 0 Å². The molecule has 0 radical (unpaired) electrons. The fourth-order valence-corrected chi connectivity index (χ4v) is 2.98. The van der Waals surface area contributed by atoms with Crippen molar-refractivity contribution in [2.75, 3.05) is 18.5 Å². The summed E-state index contributed by atoms with van der Waals surface area (Å²) in [6.45, 7) is 0.337. The second-order valence-corrected chi connectivity index (χ2v) is 7.62. The van der Waals surface area contributed by atoms with Gasteiger partial charge < -0.3 is 15.8 Å². The van der Waals surface area contributed by atoms with Crippen LogP contribution in [-0.2, 0) is 9.53 Å². The Balaban J connectivity index is 0.00000288. The molecule has 1 aliphatic heterocycles. The average Bonchev–Trinajstić information content (AvgIpc) is 2.38. The van der Waals surface area contributed by atoms with Crippen molar-refractivity contribution in [2.45, 2.75) is 17.4 Å². The fraction of sp³-hybridized carbons (Fsp3) is 0.417. The highest BCUT2D eigenvalue weighted by Gasteiger charge is 2.67. The molecule has 24 heavy (non-hydrogen) atoms. The highest BCUT2D eigenvalue weighted by Crippen LogP contribution is 3.02. The Bertz CT molecular complexity index is 642. The predicted octanol–water partition coefficient (Wildman–Crippen LogP) is 4.21. The van der Waals surface area contributed by atoms with Gasteiger partial charge in [0.05, 0.1) is 12.5 Å². The van der Waals surface area contributed by atoms with E-state index in [4.69, 9.17) is 10.5 Å². The fourth-order valence-electron chi connectivity index (χ4n) is 2.20. The minimum absolute atomic E-state index is 0. The zero-order chi connectivity index (χ0) is 17.5. The molecular weight excluding hydrogens is 386 g/mol. The van der Waals surface area contributed by atoms with Gasteiger partial charge in [0.1, 0.15) is 10.7 Å². The number of rotatable bonds is 3. The molecule has 3 N–H and O–H groups in total. The van der Waals surface area contributed by atoms with Crippen LogP contribution in [0.4, 0.5) is 29.5 Å². The van der Waals surface area contributed by atoms with Crippen molar-refractivity contribution >= 4 is 34.2 Å². The molecular formula is C12H15ClF6N2O2S. The SMILES string of the molecule is Cl.N[C@H]1COCC[C@H]1C(=O)Nc1ccc(F)c(S(F)(F)(F)(F)F)c1. The van der Waals surface area contributed by atoms with E-state index in [1.54, 1.807) is 0 Å². The maximum absolute atomic E-state index is 13.2. The Morgan fingerprint density at radius 1 is 1.25 bits per heavy atom. The van der Waals surface area contributed by atoms with Crippen molar-refractivity contribution < 1.29 is 33.4 Å². The van der Waals surface area contributed by atoms with Crippen LogP contribution in [-0.4, -0.2) is 25.2 Å². The number of hydrogen-bond donors (Lipinski definition) is 2. The molecule has 2 atom stereocenters. The van der Waals surface area contributed by atoms with E-state index in [1.165, 1.54) is 0 Å². The molecule has 2 rings (SSSR count). The first-order valence-electron chi connectivity index (χ1n) is 6.46. The van der Waals surface area contributed by atoms with Crippen LogP contribution in [0.3, 0.4) is 0 Å². The molecule has 1 aromatic rings. The summed E-state index contributed by atoms with van der Waals surface area (Å²) >= 11 is 0. The number of benzene rings is 1. The molecule has 0 bridgehead atoms. The largest absolute Gasteiger partial charge is 0.380 e. The lowest BCUT2D eigenvalue weighted by Crippen LogP contribution is -2.45. The van der Waals surface area contributed by atoms with Crippen LogP contribution in [0, 0.1) is 11.7 Å². The molecule has 1 amide bonds. The van der Waals surface area contributed by atoms with Crippen LogP contribution in [0.15, 0.2) is 23.1 Å². The number of carbonyl (C=O) groups is 1. The topological polar surface area (TPSA) is 64.3 Å². The molecule has 1 saturated heterocycles. The summed E-state index contributed by atoms with van der Waals surface area (Å²) in [5.41, 5.74) is 5.07. The summed E-state index contributed by atoms with van der Waals surface area (Å²) in [6.07, 6.45) is 0.239. The summed E-state index contributed by atoms with van der Waals surface area (Å²) in [5, 5.41) is 2.06. The monoisotopic (exact) mass is 400 g/mol. The molecule has 0 aromatic heterocycles. The molecule has 0 unspecified atom stereocenters. The lowest BCUT2D eigenvalue weighted by atomic mass is 9.94. The first-order chi connectivity index (χ1) is 10.3. The standard InChI is InChI=1S/C12H14F6N2O2S.ClH/c13-9-2-1-7(5-11(9)23(14,15,16,17)18)20-12(21)8-3-4-22-6-10(8)19;/h1-2,5,8,10H,3-4,6,19H2,(H,20,21);1H/t8-,10+;/m1./s1. The van der Waals surface area contributed by atoms with E-state index in [0.717, 1.165) is 6.07 Å². The van der Waals surface area contributed by atoms with Crippen LogP contribution in [0.1, 0.15) is 6.42 Å². The smallest absolute Gasteiger partial charge is 0.313 e. The van der Waals surface area contributed by atoms with Crippen molar-refractivity contribution in [2.24, 2.45) is 11.7 Å². The third-order valence-corrected chi connectivity index (χ3v) is 4.50. The van der Waals surface area contributed by atoms with Crippen LogP contribution < -0.4 is 11.1 Å². The minimum Gasteiger partial charge on any atom is -0.380 e. The molecule has 12 heteroatoms. The van der Waals surface area contributed by atoms with Gasteiger partial charge in [0.25, 0.3) is 0 Å². The third-order valence-electron chi connectivity index (χ3n) is 3.35. The van der Waals surface area contributed by atoms with Gasteiger partial charge in [-0.05, 0) is 24.6 Å². The second-order valence-electron chi connectivity index (χ2n) is 5.24. The highest BCUT2D eigenvalue weighted by molar-refractivity contribution is 8.45. The number of anilines is 1. The van der Waals surface area contributed by atoms with E-state index in [0.29, 0.717) is 0 Å². The lowest BCUT2D eigenvalue weighted by Gasteiger charge is -2.40. The summed E-state index contributed by atoms with van der Waals surface area (Å²) in [7, 11) is -10.2. The van der Waals surface area contributed by atoms with Crippen molar-refractivity contribution in [3.8, 4) is 0 Å². The number of amides is 1. The van der Waals surface area contributed by atoms with E-state index in [1.807, 2.05) is 0 Å². The average molecular weight is 401 g/mol. The van der Waals surface area contributed by atoms with Gasteiger partial charge in [-0.1, -0.05) is 19.4 Å². The predicted molar refractivity (Wildman–Crippen MR) is 80.6 cm³/mol. The lowest BCUT2D eigenvalue weighted by molar-refractivity contribution is -0.123. The van der Waals surface area contributed by atoms with E-state index >= 15 is 0 Å². The summed E-state index contributed by atoms with van der Waals surface area (Å²) in [5.74, 6) is -3.58. The van der Waals surface area contributed by atoms with Crippen LogP contribution in [0.25, 0.3) is 0 Å². The number of ether oxygens (including phenoxy) is 1. The molecule has 1 fully saturated rings. The van der Waals surface area contributed by atoms with Gasteiger partial charge in [-0.3, -0.25) is 4.79 Å². The van der Waals surface area contributed by atoms with Crippen molar-refractivity contribution in [1.29, 1.82) is 0 Å². The number of halogens is 7. The maximum Gasteiger partial charge on any atom is 0.313 e. The summed E-state index contributed by atoms with van der Waals surface area (Å²) in [4.78, 5) is 9.32. The van der Waals surface area contributed by atoms with E-state index in [-0.39, 0.29) is 44.2 Å². The van der Waals surface area contributed by atoms with Crippen LogP contribution in [0.5, 0.6) is 0 Å². The molecule has 0 aliphatic carbocycles. The minimum atomic E-state index is -10.2. The molecule has 4 nitrogen and oxygen atoms in total. The van der Waals surface area contributed by atoms with Crippen molar-refractivity contribution in [3.63, 3.8) is 0 Å². The Morgan fingerprint density at radius 2 is 1.88 bits per heavy atom. The van der Waals surface area contributed by atoms with Gasteiger partial charge in [0.15, 0.2) is 0 Å². The molecule has 1 aliphatic rings. The van der Waals surface area contributed by atoms with Crippen molar-refractivity contribution in [3.05, 3.63) is 24.0 Å². The quantitative estimate of drug-likeness (QED) is 0.747. The maximum atomic E-state index is 13.2. The normalized spacial score (nSPS) is 24.3. The summed E-state index contributed by atoms with van der Waals surface area (Å²) < 4.78 is 82.0. The highest BCUT2D eigenvalue weighted by atomic mass is 35.5. The Kier molecular flexibility index (Phi) is 5.19. The zero-order valence-electron chi connectivity index (χ0n) is 12.0. The first kappa shape index (κ1) is 20.9. The van der Waals surface area contributed by atoms with Gasteiger partial charge in [0.2, 0.25) is 5.91 Å². The number of carbonyl (C=O) groups excluding carboxylic acids is 1.